The van der Waals surface area contributed by atoms with Crippen molar-refractivity contribution in [2.75, 3.05) is 25.0 Å². The van der Waals surface area contributed by atoms with E-state index in [0.29, 0.717) is 12.5 Å². The number of nitrogens with two attached hydrogens (primary N) is 1. The van der Waals surface area contributed by atoms with Gasteiger partial charge in [-0.2, -0.15) is 0 Å². The van der Waals surface area contributed by atoms with E-state index >= 15 is 0 Å². The molecular weight excluding hydrogens is 423 g/mol. The fourth-order valence-electron chi connectivity index (χ4n) is 3.11. The Morgan fingerprint density at radius 1 is 1.16 bits per heavy atom. The highest BCUT2D eigenvalue weighted by Gasteiger charge is 2.14. The van der Waals surface area contributed by atoms with Gasteiger partial charge in [0, 0.05) is 25.3 Å². The van der Waals surface area contributed by atoms with Gasteiger partial charge in [-0.15, -0.1) is 24.0 Å². The Morgan fingerprint density at radius 2 is 1.96 bits per heavy atom. The number of nitrogens with one attached hydrogen (secondary N) is 1. The maximum atomic E-state index is 6.01. The van der Waals surface area contributed by atoms with Crippen LogP contribution in [0.4, 0.5) is 5.69 Å². The molecule has 0 aliphatic carbocycles. The number of benzene rings is 2. The third kappa shape index (κ3) is 5.71. The normalized spacial score (nSPS) is 14.5. The van der Waals surface area contributed by atoms with Crippen molar-refractivity contribution < 1.29 is 0 Å². The van der Waals surface area contributed by atoms with Gasteiger partial charge in [0.1, 0.15) is 0 Å². The fourth-order valence-corrected chi connectivity index (χ4v) is 3.11. The van der Waals surface area contributed by atoms with Gasteiger partial charge in [0.05, 0.1) is 6.54 Å². The zero-order valence-corrected chi connectivity index (χ0v) is 17.1. The molecule has 3 N–H and O–H groups in total. The van der Waals surface area contributed by atoms with Crippen LogP contribution in [0.2, 0.25) is 0 Å². The number of fused-ring (bicyclic) bond motifs is 1. The summed E-state index contributed by atoms with van der Waals surface area (Å²) in [6, 6.07) is 17.0. The Bertz CT molecular complexity index is 714. The molecule has 3 rings (SSSR count). The number of guanidine groups is 1. The minimum Gasteiger partial charge on any atom is -0.370 e. The molecule has 1 aliphatic rings. The van der Waals surface area contributed by atoms with Crippen molar-refractivity contribution in [2.24, 2.45) is 10.7 Å². The average Bonchev–Trinajstić information content (AvgIpc) is 2.62. The molecule has 0 saturated heterocycles. The summed E-state index contributed by atoms with van der Waals surface area (Å²) in [7, 11) is 0. The average molecular weight is 450 g/mol. The summed E-state index contributed by atoms with van der Waals surface area (Å²) in [5.41, 5.74) is 11.2. The van der Waals surface area contributed by atoms with Gasteiger partial charge >= 0.3 is 0 Å². The Hall–Kier alpha value is -1.60. The van der Waals surface area contributed by atoms with Crippen LogP contribution in [0.1, 0.15) is 23.6 Å². The molecule has 0 bridgehead atoms. The molecule has 0 fully saturated rings. The first kappa shape index (κ1) is 19.7. The first-order valence-electron chi connectivity index (χ1n) is 8.69. The highest BCUT2D eigenvalue weighted by Crippen LogP contribution is 2.18. The Morgan fingerprint density at radius 3 is 2.76 bits per heavy atom. The number of halogens is 1. The lowest BCUT2D eigenvalue weighted by molar-refractivity contribution is 0.262. The molecule has 0 atom stereocenters. The second-order valence-electron chi connectivity index (χ2n) is 6.24. The summed E-state index contributed by atoms with van der Waals surface area (Å²) in [6.07, 6.45) is 2.14. The van der Waals surface area contributed by atoms with Gasteiger partial charge in [-0.1, -0.05) is 43.3 Å². The van der Waals surface area contributed by atoms with E-state index in [9.17, 15) is 0 Å². The molecule has 0 aromatic heterocycles. The monoisotopic (exact) mass is 450 g/mol. The highest BCUT2D eigenvalue weighted by atomic mass is 127. The van der Waals surface area contributed by atoms with E-state index in [1.165, 1.54) is 16.7 Å². The second-order valence-corrected chi connectivity index (χ2v) is 6.24. The van der Waals surface area contributed by atoms with Gasteiger partial charge in [0.2, 0.25) is 0 Å². The van der Waals surface area contributed by atoms with E-state index in [1.807, 2.05) is 12.1 Å². The van der Waals surface area contributed by atoms with E-state index < -0.39 is 0 Å². The summed E-state index contributed by atoms with van der Waals surface area (Å²) < 4.78 is 0. The lowest BCUT2D eigenvalue weighted by atomic mass is 10.0. The molecule has 1 heterocycles. The zero-order valence-electron chi connectivity index (χ0n) is 14.7. The van der Waals surface area contributed by atoms with Gasteiger partial charge < -0.3 is 11.1 Å². The summed E-state index contributed by atoms with van der Waals surface area (Å²) in [6.45, 7) is 5.91. The number of hydrogen-bond donors (Lipinski definition) is 2. The molecular formula is C20H27IN4. The molecule has 0 radical (unpaired) electrons. The van der Waals surface area contributed by atoms with Crippen molar-refractivity contribution in [3.63, 3.8) is 0 Å². The second kappa shape index (κ2) is 9.77. The number of anilines is 1. The van der Waals surface area contributed by atoms with Gasteiger partial charge in [0.15, 0.2) is 5.96 Å². The minimum absolute atomic E-state index is 0. The number of rotatable bonds is 5. The third-order valence-electron chi connectivity index (χ3n) is 4.52. The minimum atomic E-state index is 0. The van der Waals surface area contributed by atoms with Crippen molar-refractivity contribution in [3.8, 4) is 0 Å². The van der Waals surface area contributed by atoms with Crippen LogP contribution in [0.25, 0.3) is 0 Å². The molecule has 1 aliphatic heterocycles. The number of nitrogens with zero attached hydrogens (tertiary/aromatic N) is 2. The Kier molecular flexibility index (Phi) is 7.71. The fraction of sp³-hybridized carbons (Fsp3) is 0.350. The van der Waals surface area contributed by atoms with Crippen LogP contribution in [0.3, 0.4) is 0 Å². The predicted molar refractivity (Wildman–Crippen MR) is 117 cm³/mol. The highest BCUT2D eigenvalue weighted by molar-refractivity contribution is 14.0. The van der Waals surface area contributed by atoms with Gasteiger partial charge in [-0.25, -0.2) is 0 Å². The third-order valence-corrected chi connectivity index (χ3v) is 4.52. The van der Waals surface area contributed by atoms with Crippen LogP contribution in [-0.4, -0.2) is 30.5 Å². The summed E-state index contributed by atoms with van der Waals surface area (Å²) in [5.74, 6) is 0.487. The van der Waals surface area contributed by atoms with Crippen LogP contribution >= 0.6 is 24.0 Å². The molecule has 0 unspecified atom stereocenters. The molecule has 134 valence electrons. The molecule has 2 aromatic rings. The Labute approximate surface area is 167 Å². The standard InChI is InChI=1S/C20H26N4.HI/c1-2-16-6-5-9-19(14-16)23-20(21)22-11-13-24-12-10-17-7-3-4-8-18(17)15-24;/h3-9,14H,2,10-13,15H2,1H3,(H3,21,22,23);1H. The smallest absolute Gasteiger partial charge is 0.193 e. The van der Waals surface area contributed by atoms with Crippen molar-refractivity contribution in [1.82, 2.24) is 4.90 Å². The zero-order chi connectivity index (χ0) is 16.8. The molecule has 0 amide bonds. The number of aryl methyl sites for hydroxylation is 1. The molecule has 0 saturated carbocycles. The predicted octanol–water partition coefficient (Wildman–Crippen LogP) is 3.65. The summed E-state index contributed by atoms with van der Waals surface area (Å²) in [4.78, 5) is 6.91. The molecule has 4 nitrogen and oxygen atoms in total. The summed E-state index contributed by atoms with van der Waals surface area (Å²) >= 11 is 0. The first-order valence-corrected chi connectivity index (χ1v) is 8.69. The topological polar surface area (TPSA) is 53.6 Å². The van der Waals surface area contributed by atoms with Gasteiger partial charge in [0.25, 0.3) is 0 Å². The number of aliphatic imine (C=N–C) groups is 1. The van der Waals surface area contributed by atoms with Crippen molar-refractivity contribution in [3.05, 3.63) is 65.2 Å². The van der Waals surface area contributed by atoms with Crippen LogP contribution in [0.15, 0.2) is 53.5 Å². The van der Waals surface area contributed by atoms with E-state index in [0.717, 1.165) is 38.2 Å². The quantitative estimate of drug-likeness (QED) is 0.416. The van der Waals surface area contributed by atoms with Crippen molar-refractivity contribution in [1.29, 1.82) is 0 Å². The molecule has 0 spiro atoms. The van der Waals surface area contributed by atoms with Crippen molar-refractivity contribution >= 4 is 35.6 Å². The Balaban J connectivity index is 0.00000225. The SMILES string of the molecule is CCc1cccc(NC(N)=NCCN2CCc3ccccc3C2)c1.I. The maximum absolute atomic E-state index is 6.01. The van der Waals surface area contributed by atoms with Crippen molar-refractivity contribution in [2.45, 2.75) is 26.3 Å². The largest absolute Gasteiger partial charge is 0.370 e. The van der Waals surface area contributed by atoms with Crippen LogP contribution in [-0.2, 0) is 19.4 Å². The van der Waals surface area contributed by atoms with E-state index in [2.05, 4.69) is 58.5 Å². The van der Waals surface area contributed by atoms with Gasteiger partial charge in [-0.05, 0) is 41.7 Å². The van der Waals surface area contributed by atoms with Crippen LogP contribution in [0.5, 0.6) is 0 Å². The van der Waals surface area contributed by atoms with Crippen LogP contribution < -0.4 is 11.1 Å². The van der Waals surface area contributed by atoms with E-state index in [4.69, 9.17) is 5.73 Å². The maximum Gasteiger partial charge on any atom is 0.193 e. The summed E-state index contributed by atoms with van der Waals surface area (Å²) in [5, 5.41) is 3.18. The first-order chi connectivity index (χ1) is 11.7. The molecule has 25 heavy (non-hydrogen) atoms. The lowest BCUT2D eigenvalue weighted by Crippen LogP contribution is -2.33. The van der Waals surface area contributed by atoms with E-state index in [-0.39, 0.29) is 24.0 Å². The van der Waals surface area contributed by atoms with Crippen LogP contribution in [0, 0.1) is 0 Å². The lowest BCUT2D eigenvalue weighted by Gasteiger charge is -2.28. The number of hydrogen-bond acceptors (Lipinski definition) is 2. The molecule has 5 heteroatoms. The van der Waals surface area contributed by atoms with E-state index in [1.54, 1.807) is 0 Å². The molecule has 2 aromatic carbocycles. The van der Waals surface area contributed by atoms with Gasteiger partial charge in [-0.3, -0.25) is 9.89 Å².